The first kappa shape index (κ1) is 13.4. The second-order valence-electron chi connectivity index (χ2n) is 5.68. The summed E-state index contributed by atoms with van der Waals surface area (Å²) in [7, 11) is 0. The number of carbonyl (C=O) groups excluding carboxylic acids is 1. The number of nitrogens with zero attached hydrogens (tertiary/aromatic N) is 1. The van der Waals surface area contributed by atoms with Crippen LogP contribution in [0.2, 0.25) is 0 Å². The average molecular weight is 275 g/mol. The van der Waals surface area contributed by atoms with Crippen LogP contribution in [-0.4, -0.2) is 39.2 Å². The summed E-state index contributed by atoms with van der Waals surface area (Å²) in [5.74, 6) is 0.929. The first-order valence-corrected chi connectivity index (χ1v) is 7.34. The molecule has 0 radical (unpaired) electrons. The molecule has 108 valence electrons. The molecule has 0 bridgehead atoms. The number of aldehydes is 1. The zero-order chi connectivity index (χ0) is 13.8. The summed E-state index contributed by atoms with van der Waals surface area (Å²) < 4.78 is 11.2. The van der Waals surface area contributed by atoms with Gasteiger partial charge >= 0.3 is 0 Å². The Hall–Kier alpha value is -1.55. The molecule has 1 aromatic carbocycles. The molecule has 2 aliphatic heterocycles. The Morgan fingerprint density at radius 1 is 1.20 bits per heavy atom. The lowest BCUT2D eigenvalue weighted by atomic mass is 9.81. The molecule has 4 nitrogen and oxygen atoms in total. The fraction of sp³-hybridized carbons (Fsp3) is 0.562. The molecule has 20 heavy (non-hydrogen) atoms. The van der Waals surface area contributed by atoms with Gasteiger partial charge in [0.25, 0.3) is 0 Å². The van der Waals surface area contributed by atoms with Crippen LogP contribution in [0.1, 0.15) is 19.3 Å². The summed E-state index contributed by atoms with van der Waals surface area (Å²) >= 11 is 0. The number of carbonyl (C=O) groups is 1. The predicted octanol–water partition coefficient (Wildman–Crippen LogP) is 2.27. The van der Waals surface area contributed by atoms with E-state index in [0.29, 0.717) is 13.2 Å². The van der Waals surface area contributed by atoms with Crippen LogP contribution in [0.4, 0.5) is 5.69 Å². The molecule has 1 aromatic rings. The third-order valence-corrected chi connectivity index (χ3v) is 4.28. The van der Waals surface area contributed by atoms with E-state index >= 15 is 0 Å². The van der Waals surface area contributed by atoms with Crippen LogP contribution in [0, 0.1) is 5.41 Å². The van der Waals surface area contributed by atoms with E-state index in [1.165, 1.54) is 0 Å². The molecule has 2 aliphatic rings. The molecule has 0 saturated carbocycles. The number of rotatable bonds is 3. The topological polar surface area (TPSA) is 38.8 Å². The third-order valence-electron chi connectivity index (χ3n) is 4.28. The van der Waals surface area contributed by atoms with E-state index < -0.39 is 0 Å². The van der Waals surface area contributed by atoms with Crippen molar-refractivity contribution in [2.24, 2.45) is 5.41 Å². The quantitative estimate of drug-likeness (QED) is 0.793. The van der Waals surface area contributed by atoms with Gasteiger partial charge in [-0.3, -0.25) is 0 Å². The van der Waals surface area contributed by atoms with Crippen molar-refractivity contribution in [3.05, 3.63) is 24.3 Å². The van der Waals surface area contributed by atoms with Crippen molar-refractivity contribution < 1.29 is 14.3 Å². The normalized spacial score (nSPS) is 21.5. The largest absolute Gasteiger partial charge is 0.491 e. The molecular formula is C16H21NO3. The monoisotopic (exact) mass is 275 g/mol. The lowest BCUT2D eigenvalue weighted by Crippen LogP contribution is -2.43. The van der Waals surface area contributed by atoms with Gasteiger partial charge in [0.2, 0.25) is 0 Å². The molecule has 0 amide bonds. The minimum atomic E-state index is -0.268. The first-order valence-electron chi connectivity index (χ1n) is 7.34. The lowest BCUT2D eigenvalue weighted by Gasteiger charge is -2.37. The molecule has 0 N–H and O–H groups in total. The second-order valence-corrected chi connectivity index (χ2v) is 5.68. The molecule has 3 rings (SSSR count). The molecule has 0 atom stereocenters. The average Bonchev–Trinajstić information content (AvgIpc) is 2.71. The number of hydrogen-bond donors (Lipinski definition) is 0. The number of fused-ring (bicyclic) bond motifs is 1. The van der Waals surface area contributed by atoms with Crippen molar-refractivity contribution in [2.45, 2.75) is 19.3 Å². The fourth-order valence-corrected chi connectivity index (χ4v) is 3.03. The van der Waals surface area contributed by atoms with Gasteiger partial charge in [-0.05, 0) is 31.4 Å². The van der Waals surface area contributed by atoms with Gasteiger partial charge in [0.1, 0.15) is 12.0 Å². The molecule has 0 aliphatic carbocycles. The SMILES string of the molecule is O=CC1(CN2CCCOc3ccccc32)CCOCC1. The van der Waals surface area contributed by atoms with Crippen LogP contribution in [0.25, 0.3) is 0 Å². The Balaban J connectivity index is 1.84. The highest BCUT2D eigenvalue weighted by atomic mass is 16.5. The summed E-state index contributed by atoms with van der Waals surface area (Å²) in [4.78, 5) is 13.9. The van der Waals surface area contributed by atoms with Crippen molar-refractivity contribution >= 4 is 12.0 Å². The van der Waals surface area contributed by atoms with Gasteiger partial charge in [0, 0.05) is 31.7 Å². The van der Waals surface area contributed by atoms with Gasteiger partial charge < -0.3 is 19.2 Å². The van der Waals surface area contributed by atoms with Gasteiger partial charge in [0.15, 0.2) is 0 Å². The van der Waals surface area contributed by atoms with E-state index in [0.717, 1.165) is 56.7 Å². The van der Waals surface area contributed by atoms with Crippen molar-refractivity contribution in [2.75, 3.05) is 37.8 Å². The highest BCUT2D eigenvalue weighted by Crippen LogP contribution is 2.35. The number of benzene rings is 1. The standard InChI is InChI=1S/C16H21NO3/c18-13-16(6-10-19-11-7-16)12-17-8-3-9-20-15-5-2-1-4-14(15)17/h1-2,4-5,13H,3,6-12H2. The van der Waals surface area contributed by atoms with Crippen LogP contribution in [-0.2, 0) is 9.53 Å². The highest BCUT2D eigenvalue weighted by molar-refractivity contribution is 5.64. The van der Waals surface area contributed by atoms with Crippen molar-refractivity contribution in [1.82, 2.24) is 0 Å². The van der Waals surface area contributed by atoms with Crippen LogP contribution >= 0.6 is 0 Å². The maximum atomic E-state index is 11.6. The zero-order valence-corrected chi connectivity index (χ0v) is 11.7. The van der Waals surface area contributed by atoms with Crippen LogP contribution in [0.3, 0.4) is 0 Å². The van der Waals surface area contributed by atoms with Crippen LogP contribution in [0.5, 0.6) is 5.75 Å². The second kappa shape index (κ2) is 5.83. The summed E-state index contributed by atoms with van der Waals surface area (Å²) in [6, 6.07) is 8.11. The van der Waals surface area contributed by atoms with Crippen molar-refractivity contribution in [3.8, 4) is 5.75 Å². The molecule has 2 heterocycles. The Morgan fingerprint density at radius 3 is 2.80 bits per heavy atom. The number of hydrogen-bond acceptors (Lipinski definition) is 4. The van der Waals surface area contributed by atoms with E-state index in [1.54, 1.807) is 0 Å². The van der Waals surface area contributed by atoms with Gasteiger partial charge in [-0.15, -0.1) is 0 Å². The maximum Gasteiger partial charge on any atom is 0.142 e. The number of para-hydroxylation sites is 2. The Labute approximate surface area is 119 Å². The Bertz CT molecular complexity index is 469. The fourth-order valence-electron chi connectivity index (χ4n) is 3.03. The number of ether oxygens (including phenoxy) is 2. The summed E-state index contributed by atoms with van der Waals surface area (Å²) in [6.07, 6.45) is 3.76. The number of anilines is 1. The predicted molar refractivity (Wildman–Crippen MR) is 77.3 cm³/mol. The molecule has 0 spiro atoms. The molecule has 4 heteroatoms. The Kier molecular flexibility index (Phi) is 3.92. The van der Waals surface area contributed by atoms with E-state index in [2.05, 4.69) is 11.0 Å². The van der Waals surface area contributed by atoms with Crippen molar-refractivity contribution in [1.29, 1.82) is 0 Å². The lowest BCUT2D eigenvalue weighted by molar-refractivity contribution is -0.120. The van der Waals surface area contributed by atoms with Gasteiger partial charge in [-0.25, -0.2) is 0 Å². The minimum Gasteiger partial charge on any atom is -0.491 e. The smallest absolute Gasteiger partial charge is 0.142 e. The van der Waals surface area contributed by atoms with Gasteiger partial charge in [-0.1, -0.05) is 12.1 Å². The van der Waals surface area contributed by atoms with E-state index in [4.69, 9.17) is 9.47 Å². The van der Waals surface area contributed by atoms with E-state index in [9.17, 15) is 4.79 Å². The minimum absolute atomic E-state index is 0.268. The van der Waals surface area contributed by atoms with Crippen LogP contribution < -0.4 is 9.64 Å². The zero-order valence-electron chi connectivity index (χ0n) is 11.7. The Morgan fingerprint density at radius 2 is 2.00 bits per heavy atom. The third kappa shape index (κ3) is 2.66. The highest BCUT2D eigenvalue weighted by Gasteiger charge is 2.35. The van der Waals surface area contributed by atoms with Gasteiger partial charge in [-0.2, -0.15) is 0 Å². The summed E-state index contributed by atoms with van der Waals surface area (Å²) in [5.41, 5.74) is 0.841. The molecule has 1 saturated heterocycles. The summed E-state index contributed by atoms with van der Waals surface area (Å²) in [5, 5.41) is 0. The van der Waals surface area contributed by atoms with Gasteiger partial charge in [0.05, 0.1) is 12.3 Å². The maximum absolute atomic E-state index is 11.6. The molecule has 0 aromatic heterocycles. The van der Waals surface area contributed by atoms with Crippen LogP contribution in [0.15, 0.2) is 24.3 Å². The van der Waals surface area contributed by atoms with Crippen molar-refractivity contribution in [3.63, 3.8) is 0 Å². The first-order chi connectivity index (χ1) is 9.83. The molecular weight excluding hydrogens is 254 g/mol. The molecule has 0 unspecified atom stereocenters. The molecule has 1 fully saturated rings. The summed E-state index contributed by atoms with van der Waals surface area (Å²) in [6.45, 7) is 3.81. The van der Waals surface area contributed by atoms with E-state index in [1.807, 2.05) is 18.2 Å². The van der Waals surface area contributed by atoms with E-state index in [-0.39, 0.29) is 5.41 Å².